The number of aromatic nitrogens is 2. The van der Waals surface area contributed by atoms with Gasteiger partial charge in [0.15, 0.2) is 0 Å². The molecule has 2 heterocycles. The average molecular weight is 380 g/mol. The lowest BCUT2D eigenvalue weighted by molar-refractivity contribution is -0.136. The normalized spacial score (nSPS) is 18.4. The lowest BCUT2D eigenvalue weighted by atomic mass is 10.0. The first-order chi connectivity index (χ1) is 13.6. The molecule has 2 fully saturated rings. The van der Waals surface area contributed by atoms with Crippen LogP contribution in [-0.2, 0) is 11.8 Å². The van der Waals surface area contributed by atoms with E-state index < -0.39 is 0 Å². The second-order valence-corrected chi connectivity index (χ2v) is 8.00. The molecule has 6 nitrogen and oxygen atoms in total. The summed E-state index contributed by atoms with van der Waals surface area (Å²) in [7, 11) is 1.94. The van der Waals surface area contributed by atoms with Crippen molar-refractivity contribution in [2.24, 2.45) is 13.0 Å². The smallest absolute Gasteiger partial charge is 0.251 e. The van der Waals surface area contributed by atoms with E-state index in [0.717, 1.165) is 50.2 Å². The standard InChI is InChI=1S/C22H28N4O2/c1-25-14-11-23-20(25)17-7-4-8-18(15-17)21(27)24-19-9-12-26(13-10-19)22(28)16-5-2-3-6-16/h4,7-8,11,14-16,19H,2-3,5-6,9-10,12-13H2,1H3,(H,24,27). The molecule has 6 heteroatoms. The zero-order valence-electron chi connectivity index (χ0n) is 16.4. The van der Waals surface area contributed by atoms with Crippen molar-refractivity contribution in [3.8, 4) is 11.4 Å². The van der Waals surface area contributed by atoms with Gasteiger partial charge in [-0.2, -0.15) is 0 Å². The highest BCUT2D eigenvalue weighted by Crippen LogP contribution is 2.27. The lowest BCUT2D eigenvalue weighted by Gasteiger charge is -2.34. The predicted molar refractivity (Wildman–Crippen MR) is 108 cm³/mol. The molecule has 1 saturated carbocycles. The molecule has 0 unspecified atom stereocenters. The van der Waals surface area contributed by atoms with Crippen molar-refractivity contribution in [3.63, 3.8) is 0 Å². The first-order valence-corrected chi connectivity index (χ1v) is 10.3. The van der Waals surface area contributed by atoms with E-state index in [-0.39, 0.29) is 17.9 Å². The number of rotatable bonds is 4. The van der Waals surface area contributed by atoms with Crippen LogP contribution in [0.4, 0.5) is 0 Å². The van der Waals surface area contributed by atoms with E-state index in [1.807, 2.05) is 47.0 Å². The van der Waals surface area contributed by atoms with Gasteiger partial charge in [-0.1, -0.05) is 25.0 Å². The topological polar surface area (TPSA) is 67.2 Å². The number of hydrogen-bond donors (Lipinski definition) is 1. The van der Waals surface area contributed by atoms with Crippen LogP contribution in [0.1, 0.15) is 48.9 Å². The first-order valence-electron chi connectivity index (χ1n) is 10.3. The molecule has 1 saturated heterocycles. The van der Waals surface area contributed by atoms with Crippen molar-refractivity contribution in [2.75, 3.05) is 13.1 Å². The highest BCUT2D eigenvalue weighted by molar-refractivity contribution is 5.95. The molecule has 0 bridgehead atoms. The largest absolute Gasteiger partial charge is 0.349 e. The maximum absolute atomic E-state index is 12.7. The van der Waals surface area contributed by atoms with Gasteiger partial charge >= 0.3 is 0 Å². The van der Waals surface area contributed by atoms with Crippen molar-refractivity contribution in [1.82, 2.24) is 19.8 Å². The fourth-order valence-electron chi connectivity index (χ4n) is 4.39. The minimum atomic E-state index is -0.0587. The Kier molecular flexibility index (Phi) is 5.46. The Morgan fingerprint density at radius 3 is 2.54 bits per heavy atom. The van der Waals surface area contributed by atoms with Crippen LogP contribution in [0, 0.1) is 5.92 Å². The zero-order chi connectivity index (χ0) is 19.5. The molecule has 2 amide bonds. The van der Waals surface area contributed by atoms with E-state index >= 15 is 0 Å². The summed E-state index contributed by atoms with van der Waals surface area (Å²) in [6, 6.07) is 7.70. The van der Waals surface area contributed by atoms with Gasteiger partial charge in [-0.05, 0) is 37.8 Å². The number of likely N-dealkylation sites (tertiary alicyclic amines) is 1. The Morgan fingerprint density at radius 1 is 1.11 bits per heavy atom. The molecule has 1 aromatic heterocycles. The first kappa shape index (κ1) is 18.7. The molecule has 28 heavy (non-hydrogen) atoms. The van der Waals surface area contributed by atoms with Crippen molar-refractivity contribution in [1.29, 1.82) is 0 Å². The Morgan fingerprint density at radius 2 is 1.86 bits per heavy atom. The van der Waals surface area contributed by atoms with Crippen molar-refractivity contribution in [2.45, 2.75) is 44.6 Å². The van der Waals surface area contributed by atoms with Crippen molar-refractivity contribution >= 4 is 11.8 Å². The number of carbonyl (C=O) groups is 2. The quantitative estimate of drug-likeness (QED) is 0.887. The van der Waals surface area contributed by atoms with Crippen LogP contribution >= 0.6 is 0 Å². The van der Waals surface area contributed by atoms with Crippen LogP contribution < -0.4 is 5.32 Å². The maximum atomic E-state index is 12.7. The third-order valence-corrected chi connectivity index (χ3v) is 6.05. The molecular formula is C22H28N4O2. The van der Waals surface area contributed by atoms with Gasteiger partial charge in [0.2, 0.25) is 5.91 Å². The second kappa shape index (κ2) is 8.17. The fraction of sp³-hybridized carbons (Fsp3) is 0.500. The van der Waals surface area contributed by atoms with Gasteiger partial charge in [-0.25, -0.2) is 4.98 Å². The van der Waals surface area contributed by atoms with Gasteiger partial charge in [0.1, 0.15) is 5.82 Å². The van der Waals surface area contributed by atoms with Crippen LogP contribution in [0.5, 0.6) is 0 Å². The Hall–Kier alpha value is -2.63. The van der Waals surface area contributed by atoms with Gasteiger partial charge in [0, 0.05) is 55.6 Å². The SMILES string of the molecule is Cn1ccnc1-c1cccc(C(=O)NC2CCN(C(=O)C3CCCC3)CC2)c1. The Balaban J connectivity index is 1.33. The third-order valence-electron chi connectivity index (χ3n) is 6.05. The number of piperidine rings is 1. The highest BCUT2D eigenvalue weighted by Gasteiger charge is 2.30. The van der Waals surface area contributed by atoms with Crippen LogP contribution in [0.2, 0.25) is 0 Å². The molecule has 4 rings (SSSR count). The second-order valence-electron chi connectivity index (χ2n) is 8.00. The number of nitrogens with zero attached hydrogens (tertiary/aromatic N) is 3. The molecule has 1 aliphatic carbocycles. The van der Waals surface area contributed by atoms with E-state index in [1.54, 1.807) is 6.20 Å². The summed E-state index contributed by atoms with van der Waals surface area (Å²) in [6.45, 7) is 1.49. The Bertz CT molecular complexity index is 846. The summed E-state index contributed by atoms with van der Waals surface area (Å²) in [4.78, 5) is 31.6. The summed E-state index contributed by atoms with van der Waals surface area (Å²) in [5.41, 5.74) is 1.57. The third kappa shape index (κ3) is 3.96. The van der Waals surface area contributed by atoms with Gasteiger partial charge in [-0.15, -0.1) is 0 Å². The minimum absolute atomic E-state index is 0.0587. The summed E-state index contributed by atoms with van der Waals surface area (Å²) >= 11 is 0. The monoisotopic (exact) mass is 380 g/mol. The summed E-state index contributed by atoms with van der Waals surface area (Å²) < 4.78 is 1.94. The van der Waals surface area contributed by atoms with Crippen molar-refractivity contribution < 1.29 is 9.59 Å². The molecule has 2 aromatic rings. The predicted octanol–water partition coefficient (Wildman–Crippen LogP) is 3.00. The molecule has 0 radical (unpaired) electrons. The van der Waals surface area contributed by atoms with Crippen LogP contribution in [0.25, 0.3) is 11.4 Å². The number of nitrogens with one attached hydrogen (secondary N) is 1. The number of imidazole rings is 1. The van der Waals surface area contributed by atoms with Gasteiger partial charge < -0.3 is 14.8 Å². The van der Waals surface area contributed by atoms with Gasteiger partial charge in [0.05, 0.1) is 0 Å². The van der Waals surface area contributed by atoms with E-state index in [0.29, 0.717) is 11.5 Å². The zero-order valence-corrected chi connectivity index (χ0v) is 16.4. The van der Waals surface area contributed by atoms with Crippen molar-refractivity contribution in [3.05, 3.63) is 42.2 Å². The van der Waals surface area contributed by atoms with E-state index in [9.17, 15) is 9.59 Å². The van der Waals surface area contributed by atoms with Crippen LogP contribution in [0.15, 0.2) is 36.7 Å². The van der Waals surface area contributed by atoms with E-state index in [4.69, 9.17) is 0 Å². The lowest BCUT2D eigenvalue weighted by Crippen LogP contribution is -2.47. The number of amides is 2. The van der Waals surface area contributed by atoms with E-state index in [2.05, 4.69) is 10.3 Å². The van der Waals surface area contributed by atoms with Gasteiger partial charge in [0.25, 0.3) is 5.91 Å². The molecule has 1 aromatic carbocycles. The molecule has 1 N–H and O–H groups in total. The highest BCUT2D eigenvalue weighted by atomic mass is 16.2. The average Bonchev–Trinajstić information content (AvgIpc) is 3.40. The van der Waals surface area contributed by atoms with Crippen LogP contribution in [0.3, 0.4) is 0 Å². The number of benzene rings is 1. The molecule has 0 spiro atoms. The summed E-state index contributed by atoms with van der Waals surface area (Å²) in [5, 5.41) is 3.15. The van der Waals surface area contributed by atoms with Gasteiger partial charge in [-0.3, -0.25) is 9.59 Å². The van der Waals surface area contributed by atoms with Crippen LogP contribution in [-0.4, -0.2) is 45.4 Å². The molecule has 1 aliphatic heterocycles. The fourth-order valence-corrected chi connectivity index (χ4v) is 4.39. The summed E-state index contributed by atoms with van der Waals surface area (Å²) in [6.07, 6.45) is 9.74. The minimum Gasteiger partial charge on any atom is -0.349 e. The number of hydrogen-bond acceptors (Lipinski definition) is 3. The molecule has 0 atom stereocenters. The number of carbonyl (C=O) groups excluding carboxylic acids is 2. The number of aryl methyl sites for hydroxylation is 1. The summed E-state index contributed by atoms with van der Waals surface area (Å²) in [5.74, 6) is 1.34. The molecular weight excluding hydrogens is 352 g/mol. The maximum Gasteiger partial charge on any atom is 0.251 e. The molecule has 2 aliphatic rings. The Labute approximate surface area is 165 Å². The van der Waals surface area contributed by atoms with E-state index in [1.165, 1.54) is 12.8 Å². The molecule has 148 valence electrons.